The predicted molar refractivity (Wildman–Crippen MR) is 75.0 cm³/mol. The normalized spacial score (nSPS) is 13.6. The van der Waals surface area contributed by atoms with Gasteiger partial charge in [0, 0.05) is 25.6 Å². The second-order valence-corrected chi connectivity index (χ2v) is 4.46. The minimum Gasteiger partial charge on any atom is -0.380 e. The van der Waals surface area contributed by atoms with E-state index in [-0.39, 0.29) is 11.6 Å². The highest BCUT2D eigenvalue weighted by atomic mass is 16.6. The molecule has 20 heavy (non-hydrogen) atoms. The van der Waals surface area contributed by atoms with E-state index in [4.69, 9.17) is 4.74 Å². The number of carbonyl (C=O) groups excluding carboxylic acids is 1. The van der Waals surface area contributed by atoms with Gasteiger partial charge in [-0.15, -0.1) is 0 Å². The Morgan fingerprint density at radius 3 is 2.95 bits per heavy atom. The van der Waals surface area contributed by atoms with Gasteiger partial charge in [0.1, 0.15) is 5.69 Å². The first-order valence-corrected chi connectivity index (χ1v) is 6.54. The SMILES string of the molecule is CCOCCNc1cc2c(cc1[N+](=O)[O-])NC(=O)CC2. The van der Waals surface area contributed by atoms with Gasteiger partial charge in [-0.25, -0.2) is 0 Å². The maximum Gasteiger partial charge on any atom is 0.294 e. The second kappa shape index (κ2) is 6.33. The second-order valence-electron chi connectivity index (χ2n) is 4.46. The van der Waals surface area contributed by atoms with Crippen molar-refractivity contribution in [3.63, 3.8) is 0 Å². The van der Waals surface area contributed by atoms with Crippen LogP contribution in [0.15, 0.2) is 12.1 Å². The van der Waals surface area contributed by atoms with Crippen molar-refractivity contribution in [1.29, 1.82) is 0 Å². The van der Waals surface area contributed by atoms with Gasteiger partial charge in [-0.05, 0) is 25.0 Å². The zero-order valence-corrected chi connectivity index (χ0v) is 11.3. The Bertz CT molecular complexity index is 531. The Morgan fingerprint density at radius 1 is 1.45 bits per heavy atom. The summed E-state index contributed by atoms with van der Waals surface area (Å²) < 4.78 is 5.19. The average molecular weight is 279 g/mol. The quantitative estimate of drug-likeness (QED) is 0.471. The zero-order valence-electron chi connectivity index (χ0n) is 11.3. The van der Waals surface area contributed by atoms with Gasteiger partial charge in [0.15, 0.2) is 0 Å². The first kappa shape index (κ1) is 14.3. The van der Waals surface area contributed by atoms with E-state index in [9.17, 15) is 14.9 Å². The Kier molecular flexibility index (Phi) is 4.52. The van der Waals surface area contributed by atoms with Crippen molar-refractivity contribution in [2.75, 3.05) is 30.4 Å². The zero-order chi connectivity index (χ0) is 14.5. The van der Waals surface area contributed by atoms with Crippen molar-refractivity contribution in [2.45, 2.75) is 19.8 Å². The van der Waals surface area contributed by atoms with Crippen molar-refractivity contribution in [3.05, 3.63) is 27.8 Å². The number of hydrogen-bond donors (Lipinski definition) is 2. The third-order valence-corrected chi connectivity index (χ3v) is 3.08. The van der Waals surface area contributed by atoms with Crippen LogP contribution in [0.2, 0.25) is 0 Å². The van der Waals surface area contributed by atoms with E-state index in [0.717, 1.165) is 5.56 Å². The van der Waals surface area contributed by atoms with Crippen LogP contribution in [-0.2, 0) is 16.0 Å². The maximum absolute atomic E-state index is 11.3. The molecular weight excluding hydrogens is 262 g/mol. The number of carbonyl (C=O) groups is 1. The molecule has 0 bridgehead atoms. The van der Waals surface area contributed by atoms with Gasteiger partial charge in [-0.3, -0.25) is 14.9 Å². The van der Waals surface area contributed by atoms with Gasteiger partial charge < -0.3 is 15.4 Å². The molecule has 1 heterocycles. The average Bonchev–Trinajstić information content (AvgIpc) is 2.42. The molecule has 2 rings (SSSR count). The van der Waals surface area contributed by atoms with E-state index in [1.807, 2.05) is 6.92 Å². The molecule has 108 valence electrons. The monoisotopic (exact) mass is 279 g/mol. The molecule has 0 saturated heterocycles. The molecule has 0 fully saturated rings. The van der Waals surface area contributed by atoms with Gasteiger partial charge in [0.25, 0.3) is 5.69 Å². The van der Waals surface area contributed by atoms with Crippen LogP contribution in [0.5, 0.6) is 0 Å². The number of fused-ring (bicyclic) bond motifs is 1. The number of rotatable bonds is 6. The maximum atomic E-state index is 11.3. The number of amides is 1. The molecule has 0 saturated carbocycles. The summed E-state index contributed by atoms with van der Waals surface area (Å²) in [5.41, 5.74) is 1.87. The molecule has 0 unspecified atom stereocenters. The molecule has 0 atom stereocenters. The van der Waals surface area contributed by atoms with Crippen LogP contribution in [0.3, 0.4) is 0 Å². The number of benzene rings is 1. The van der Waals surface area contributed by atoms with Crippen molar-refractivity contribution in [3.8, 4) is 0 Å². The van der Waals surface area contributed by atoms with Crippen molar-refractivity contribution < 1.29 is 14.5 Å². The van der Waals surface area contributed by atoms with E-state index in [1.54, 1.807) is 6.07 Å². The first-order valence-electron chi connectivity index (χ1n) is 6.54. The summed E-state index contributed by atoms with van der Waals surface area (Å²) in [4.78, 5) is 22.0. The van der Waals surface area contributed by atoms with Crippen LogP contribution < -0.4 is 10.6 Å². The van der Waals surface area contributed by atoms with E-state index >= 15 is 0 Å². The molecule has 7 nitrogen and oxygen atoms in total. The highest BCUT2D eigenvalue weighted by molar-refractivity contribution is 5.95. The fraction of sp³-hybridized carbons (Fsp3) is 0.462. The molecule has 1 amide bonds. The fourth-order valence-corrected chi connectivity index (χ4v) is 2.11. The number of hydrogen-bond acceptors (Lipinski definition) is 5. The lowest BCUT2D eigenvalue weighted by Gasteiger charge is -2.18. The lowest BCUT2D eigenvalue weighted by molar-refractivity contribution is -0.383. The summed E-state index contributed by atoms with van der Waals surface area (Å²) in [5.74, 6) is -0.108. The van der Waals surface area contributed by atoms with Gasteiger partial charge in [0.05, 0.1) is 17.2 Å². The number of nitro benzene ring substituents is 1. The van der Waals surface area contributed by atoms with Crippen molar-refractivity contribution >= 4 is 23.0 Å². The topological polar surface area (TPSA) is 93.5 Å². The van der Waals surface area contributed by atoms with Gasteiger partial charge in [0.2, 0.25) is 5.91 Å². The standard InChI is InChI=1S/C13H17N3O4/c1-2-20-6-5-14-11-7-9-3-4-13(17)15-10(9)8-12(11)16(18)19/h7-8,14H,2-6H2,1H3,(H,15,17). The summed E-state index contributed by atoms with van der Waals surface area (Å²) in [7, 11) is 0. The lowest BCUT2D eigenvalue weighted by atomic mass is 10.0. The lowest BCUT2D eigenvalue weighted by Crippen LogP contribution is -2.20. The molecule has 1 aliphatic heterocycles. The Labute approximate surface area is 116 Å². The molecule has 0 spiro atoms. The number of anilines is 2. The highest BCUT2D eigenvalue weighted by Crippen LogP contribution is 2.33. The molecule has 2 N–H and O–H groups in total. The number of nitro groups is 1. The summed E-state index contributed by atoms with van der Waals surface area (Å²) in [5, 5.41) is 16.8. The van der Waals surface area contributed by atoms with Crippen LogP contribution in [0, 0.1) is 10.1 Å². The molecule has 1 aliphatic rings. The summed E-state index contributed by atoms with van der Waals surface area (Å²) >= 11 is 0. The van der Waals surface area contributed by atoms with Crippen LogP contribution in [0.4, 0.5) is 17.1 Å². The third-order valence-electron chi connectivity index (χ3n) is 3.08. The van der Waals surface area contributed by atoms with Crippen LogP contribution >= 0.6 is 0 Å². The first-order chi connectivity index (χ1) is 9.61. The number of nitrogens with one attached hydrogen (secondary N) is 2. The van der Waals surface area contributed by atoms with E-state index < -0.39 is 4.92 Å². The molecule has 1 aromatic carbocycles. The van der Waals surface area contributed by atoms with Gasteiger partial charge >= 0.3 is 0 Å². The molecule has 7 heteroatoms. The summed E-state index contributed by atoms with van der Waals surface area (Å²) in [6, 6.07) is 3.15. The summed E-state index contributed by atoms with van der Waals surface area (Å²) in [6.07, 6.45) is 1.00. The largest absolute Gasteiger partial charge is 0.380 e. The highest BCUT2D eigenvalue weighted by Gasteiger charge is 2.22. The van der Waals surface area contributed by atoms with Crippen LogP contribution in [0.1, 0.15) is 18.9 Å². The molecular formula is C13H17N3O4. The molecule has 1 aromatic rings. The number of ether oxygens (including phenoxy) is 1. The smallest absolute Gasteiger partial charge is 0.294 e. The van der Waals surface area contributed by atoms with Crippen LogP contribution in [0.25, 0.3) is 0 Å². The molecule has 0 aliphatic carbocycles. The molecule has 0 aromatic heterocycles. The van der Waals surface area contributed by atoms with E-state index in [0.29, 0.717) is 44.0 Å². The van der Waals surface area contributed by atoms with Crippen molar-refractivity contribution in [2.24, 2.45) is 0 Å². The Morgan fingerprint density at radius 2 is 2.25 bits per heavy atom. The fourth-order valence-electron chi connectivity index (χ4n) is 2.11. The van der Waals surface area contributed by atoms with Gasteiger partial charge in [-0.1, -0.05) is 0 Å². The van der Waals surface area contributed by atoms with Crippen LogP contribution in [-0.4, -0.2) is 30.6 Å². The van der Waals surface area contributed by atoms with Gasteiger partial charge in [-0.2, -0.15) is 0 Å². The number of aryl methyl sites for hydroxylation is 1. The predicted octanol–water partition coefficient (Wildman–Crippen LogP) is 1.93. The summed E-state index contributed by atoms with van der Waals surface area (Å²) in [6.45, 7) is 3.49. The Hall–Kier alpha value is -2.15. The van der Waals surface area contributed by atoms with Crippen molar-refractivity contribution in [1.82, 2.24) is 0 Å². The minimum atomic E-state index is -0.454. The van der Waals surface area contributed by atoms with E-state index in [1.165, 1.54) is 6.07 Å². The Balaban J connectivity index is 2.21. The third kappa shape index (κ3) is 3.24. The minimum absolute atomic E-state index is 0.0394. The number of nitrogens with zero attached hydrogens (tertiary/aromatic N) is 1. The van der Waals surface area contributed by atoms with E-state index in [2.05, 4.69) is 10.6 Å². The molecule has 0 radical (unpaired) electrons.